The molecule has 0 saturated heterocycles. The molecule has 0 fully saturated rings. The maximum Gasteiger partial charge on any atom is 0.278 e. The minimum atomic E-state index is -0.395. The van der Waals surface area contributed by atoms with Crippen molar-refractivity contribution in [2.75, 3.05) is 27.6 Å². The van der Waals surface area contributed by atoms with Crippen molar-refractivity contribution >= 4 is 5.69 Å². The quantitative estimate of drug-likeness (QED) is 0.663. The van der Waals surface area contributed by atoms with Crippen LogP contribution in [-0.2, 0) is 6.42 Å². The number of fused-ring (bicyclic) bond motifs is 2. The third-order valence-corrected chi connectivity index (χ3v) is 4.73. The summed E-state index contributed by atoms with van der Waals surface area (Å²) >= 11 is 0. The van der Waals surface area contributed by atoms with E-state index < -0.39 is 4.92 Å². The fourth-order valence-electron chi connectivity index (χ4n) is 3.50. The number of ether oxygens (including phenoxy) is 4. The van der Waals surface area contributed by atoms with Crippen LogP contribution in [0.2, 0.25) is 0 Å². The van der Waals surface area contributed by atoms with Gasteiger partial charge in [-0.2, -0.15) is 0 Å². The maximum atomic E-state index is 11.6. The molecule has 8 nitrogen and oxygen atoms in total. The number of nitrogens with zero attached hydrogens (tertiary/aromatic N) is 1. The van der Waals surface area contributed by atoms with Crippen LogP contribution in [0, 0.1) is 10.1 Å². The third kappa shape index (κ3) is 2.59. The fraction of sp³-hybridized carbons (Fsp3) is 0.333. The Balaban J connectivity index is 1.87. The van der Waals surface area contributed by atoms with E-state index in [1.54, 1.807) is 20.3 Å². The van der Waals surface area contributed by atoms with Crippen molar-refractivity contribution in [3.05, 3.63) is 51.1 Å². The summed E-state index contributed by atoms with van der Waals surface area (Å²) in [5, 5.41) is 15.0. The minimum Gasteiger partial charge on any atom is -0.493 e. The van der Waals surface area contributed by atoms with E-state index in [0.29, 0.717) is 35.1 Å². The van der Waals surface area contributed by atoms with E-state index in [2.05, 4.69) is 5.32 Å². The van der Waals surface area contributed by atoms with Crippen LogP contribution in [0.5, 0.6) is 23.0 Å². The molecule has 2 aromatic rings. The molecular weight excluding hydrogens is 340 g/mol. The SMILES string of the molecule is COc1cc2c(cc1OC)C(c1cc3c(cc1[N+](=O)[O-])OCO3)NCC2. The molecule has 136 valence electrons. The van der Waals surface area contributed by atoms with Gasteiger partial charge in [-0.15, -0.1) is 0 Å². The molecule has 8 heteroatoms. The van der Waals surface area contributed by atoms with Gasteiger partial charge in [0, 0.05) is 6.54 Å². The van der Waals surface area contributed by atoms with Gasteiger partial charge in [0.05, 0.1) is 36.8 Å². The molecule has 0 spiro atoms. The number of hydrogen-bond acceptors (Lipinski definition) is 7. The van der Waals surface area contributed by atoms with Gasteiger partial charge in [-0.25, -0.2) is 0 Å². The second-order valence-electron chi connectivity index (χ2n) is 6.06. The van der Waals surface area contributed by atoms with E-state index in [1.807, 2.05) is 12.1 Å². The summed E-state index contributed by atoms with van der Waals surface area (Å²) in [7, 11) is 3.16. The Labute approximate surface area is 149 Å². The zero-order chi connectivity index (χ0) is 18.3. The Hall–Kier alpha value is -3.00. The molecule has 2 aliphatic heterocycles. The van der Waals surface area contributed by atoms with Gasteiger partial charge in [-0.3, -0.25) is 10.1 Å². The number of hydrogen-bond donors (Lipinski definition) is 1. The van der Waals surface area contributed by atoms with Crippen LogP contribution < -0.4 is 24.3 Å². The Kier molecular flexibility index (Phi) is 4.04. The summed E-state index contributed by atoms with van der Waals surface area (Å²) in [4.78, 5) is 11.2. The molecule has 0 aliphatic carbocycles. The number of rotatable bonds is 4. The number of nitrogens with one attached hydrogen (secondary N) is 1. The van der Waals surface area contributed by atoms with Gasteiger partial charge >= 0.3 is 0 Å². The van der Waals surface area contributed by atoms with Crippen molar-refractivity contribution in [3.63, 3.8) is 0 Å². The molecule has 26 heavy (non-hydrogen) atoms. The molecule has 2 aliphatic rings. The van der Waals surface area contributed by atoms with Crippen LogP contribution >= 0.6 is 0 Å². The molecular formula is C18H18N2O6. The van der Waals surface area contributed by atoms with Crippen molar-refractivity contribution in [2.24, 2.45) is 0 Å². The summed E-state index contributed by atoms with van der Waals surface area (Å²) in [5.41, 5.74) is 2.52. The van der Waals surface area contributed by atoms with E-state index in [4.69, 9.17) is 18.9 Å². The first-order valence-corrected chi connectivity index (χ1v) is 8.18. The largest absolute Gasteiger partial charge is 0.493 e. The summed E-state index contributed by atoms with van der Waals surface area (Å²) < 4.78 is 21.5. The van der Waals surface area contributed by atoms with Crippen molar-refractivity contribution in [1.82, 2.24) is 5.32 Å². The number of benzene rings is 2. The van der Waals surface area contributed by atoms with Gasteiger partial charge < -0.3 is 24.3 Å². The normalized spacial score (nSPS) is 17.5. The zero-order valence-electron chi connectivity index (χ0n) is 14.4. The molecule has 1 N–H and O–H groups in total. The lowest BCUT2D eigenvalue weighted by molar-refractivity contribution is -0.385. The van der Waals surface area contributed by atoms with Crippen LogP contribution in [0.1, 0.15) is 22.7 Å². The van der Waals surface area contributed by atoms with E-state index in [0.717, 1.165) is 17.5 Å². The van der Waals surface area contributed by atoms with Crippen LogP contribution in [-0.4, -0.2) is 32.5 Å². The molecule has 0 amide bonds. The van der Waals surface area contributed by atoms with Gasteiger partial charge in [-0.1, -0.05) is 0 Å². The van der Waals surface area contributed by atoms with E-state index >= 15 is 0 Å². The van der Waals surface area contributed by atoms with Crippen LogP contribution in [0.3, 0.4) is 0 Å². The second-order valence-corrected chi connectivity index (χ2v) is 6.06. The molecule has 0 bridgehead atoms. The monoisotopic (exact) mass is 358 g/mol. The predicted molar refractivity (Wildman–Crippen MR) is 92.3 cm³/mol. The average molecular weight is 358 g/mol. The van der Waals surface area contributed by atoms with Gasteiger partial charge in [-0.05, 0) is 35.7 Å². The minimum absolute atomic E-state index is 0.00520. The first-order chi connectivity index (χ1) is 12.6. The van der Waals surface area contributed by atoms with Gasteiger partial charge in [0.25, 0.3) is 5.69 Å². The van der Waals surface area contributed by atoms with Gasteiger partial charge in [0.15, 0.2) is 23.0 Å². The lowest BCUT2D eigenvalue weighted by atomic mass is 9.88. The molecule has 0 radical (unpaired) electrons. The Morgan fingerprint density at radius 3 is 2.46 bits per heavy atom. The highest BCUT2D eigenvalue weighted by Crippen LogP contribution is 2.44. The van der Waals surface area contributed by atoms with Crippen molar-refractivity contribution in [1.29, 1.82) is 0 Å². The predicted octanol–water partition coefficient (Wildman–Crippen LogP) is 2.58. The Bertz CT molecular complexity index is 882. The van der Waals surface area contributed by atoms with Gasteiger partial charge in [0.1, 0.15) is 0 Å². The molecule has 1 atom stereocenters. The lowest BCUT2D eigenvalue weighted by Gasteiger charge is -2.28. The lowest BCUT2D eigenvalue weighted by Crippen LogP contribution is -2.31. The summed E-state index contributed by atoms with van der Waals surface area (Å²) in [6.07, 6.45) is 0.796. The molecule has 2 heterocycles. The van der Waals surface area contributed by atoms with Crippen molar-refractivity contribution in [2.45, 2.75) is 12.5 Å². The van der Waals surface area contributed by atoms with Crippen molar-refractivity contribution in [3.8, 4) is 23.0 Å². The topological polar surface area (TPSA) is 92.1 Å². The number of nitro benzene ring substituents is 1. The molecule has 2 aromatic carbocycles. The smallest absolute Gasteiger partial charge is 0.278 e. The van der Waals surface area contributed by atoms with E-state index in [9.17, 15) is 10.1 Å². The zero-order valence-corrected chi connectivity index (χ0v) is 14.4. The summed E-state index contributed by atoms with van der Waals surface area (Å²) in [6, 6.07) is 6.56. The molecule has 1 unspecified atom stereocenters. The molecule has 0 aromatic heterocycles. The highest BCUT2D eigenvalue weighted by atomic mass is 16.7. The number of methoxy groups -OCH3 is 2. The summed E-state index contributed by atoms with van der Waals surface area (Å²) in [5.74, 6) is 2.14. The first kappa shape index (κ1) is 16.5. The van der Waals surface area contributed by atoms with Gasteiger partial charge in [0.2, 0.25) is 6.79 Å². The first-order valence-electron chi connectivity index (χ1n) is 8.18. The van der Waals surface area contributed by atoms with Crippen LogP contribution in [0.25, 0.3) is 0 Å². The van der Waals surface area contributed by atoms with Crippen LogP contribution in [0.4, 0.5) is 5.69 Å². The van der Waals surface area contributed by atoms with Crippen molar-refractivity contribution < 1.29 is 23.9 Å². The standard InChI is InChI=1S/C18H18N2O6/c1-23-14-5-10-3-4-19-18(11(10)6-15(14)24-2)12-7-16-17(26-9-25-16)8-13(12)20(21)22/h5-8,18-19H,3-4,9H2,1-2H3. The fourth-order valence-corrected chi connectivity index (χ4v) is 3.50. The van der Waals surface area contributed by atoms with Crippen LogP contribution in [0.15, 0.2) is 24.3 Å². The Morgan fingerprint density at radius 1 is 1.08 bits per heavy atom. The van der Waals surface area contributed by atoms with E-state index in [-0.39, 0.29) is 18.5 Å². The second kappa shape index (κ2) is 6.38. The maximum absolute atomic E-state index is 11.6. The summed E-state index contributed by atoms with van der Waals surface area (Å²) in [6.45, 7) is 0.758. The number of nitro groups is 1. The Morgan fingerprint density at radius 2 is 1.77 bits per heavy atom. The van der Waals surface area contributed by atoms with E-state index in [1.165, 1.54) is 6.07 Å². The molecule has 0 saturated carbocycles. The third-order valence-electron chi connectivity index (χ3n) is 4.73. The molecule has 4 rings (SSSR count). The average Bonchev–Trinajstić information content (AvgIpc) is 3.12. The highest BCUT2D eigenvalue weighted by Gasteiger charge is 2.32. The highest BCUT2D eigenvalue weighted by molar-refractivity contribution is 5.60.